The van der Waals surface area contributed by atoms with Gasteiger partial charge in [0, 0.05) is 6.04 Å². The van der Waals surface area contributed by atoms with E-state index in [0.29, 0.717) is 5.92 Å². The van der Waals surface area contributed by atoms with Crippen molar-refractivity contribution in [3.05, 3.63) is 34.9 Å². The van der Waals surface area contributed by atoms with Crippen molar-refractivity contribution in [3.8, 4) is 0 Å². The predicted molar refractivity (Wildman–Crippen MR) is 66.8 cm³/mol. The molecule has 0 saturated carbocycles. The van der Waals surface area contributed by atoms with Crippen molar-refractivity contribution in [2.24, 2.45) is 0 Å². The van der Waals surface area contributed by atoms with E-state index in [4.69, 9.17) is 0 Å². The normalized spacial score (nSPS) is 25.7. The lowest BCUT2D eigenvalue weighted by Gasteiger charge is -2.29. The average molecular weight is 219 g/mol. The highest BCUT2D eigenvalue weighted by Crippen LogP contribution is 2.28. The monoisotopic (exact) mass is 219 g/mol. The number of piperidine rings is 1. The number of nitrogens with one attached hydrogen (secondary N) is 1. The Balaban J connectivity index is 2.13. The number of rotatable bonds is 2. The van der Waals surface area contributed by atoms with E-state index in [9.17, 15) is 5.11 Å². The first kappa shape index (κ1) is 11.6. The fourth-order valence-electron chi connectivity index (χ4n) is 2.47. The zero-order valence-electron chi connectivity index (χ0n) is 10.2. The Morgan fingerprint density at radius 2 is 2.12 bits per heavy atom. The zero-order chi connectivity index (χ0) is 11.5. The molecule has 0 aliphatic carbocycles. The lowest BCUT2D eigenvalue weighted by atomic mass is 9.85. The molecule has 1 fully saturated rings. The maximum absolute atomic E-state index is 9.19. The molecule has 16 heavy (non-hydrogen) atoms. The topological polar surface area (TPSA) is 32.3 Å². The Hall–Kier alpha value is -0.860. The van der Waals surface area contributed by atoms with Crippen LogP contribution in [0.25, 0.3) is 0 Å². The summed E-state index contributed by atoms with van der Waals surface area (Å²) in [7, 11) is 0. The van der Waals surface area contributed by atoms with E-state index in [1.165, 1.54) is 23.1 Å². The van der Waals surface area contributed by atoms with Crippen LogP contribution in [-0.4, -0.2) is 24.3 Å². The van der Waals surface area contributed by atoms with Crippen molar-refractivity contribution in [2.45, 2.75) is 38.6 Å². The predicted octanol–water partition coefficient (Wildman–Crippen LogP) is 2.13. The zero-order valence-corrected chi connectivity index (χ0v) is 10.2. The minimum atomic E-state index is 0.251. The van der Waals surface area contributed by atoms with Crippen LogP contribution in [0, 0.1) is 13.8 Å². The second-order valence-corrected chi connectivity index (χ2v) is 4.90. The van der Waals surface area contributed by atoms with Crippen molar-refractivity contribution >= 4 is 0 Å². The van der Waals surface area contributed by atoms with E-state index >= 15 is 0 Å². The molecule has 0 bridgehead atoms. The second kappa shape index (κ2) is 4.98. The summed E-state index contributed by atoms with van der Waals surface area (Å²) in [5, 5.41) is 12.5. The van der Waals surface area contributed by atoms with Crippen molar-refractivity contribution in [1.82, 2.24) is 5.32 Å². The van der Waals surface area contributed by atoms with Crippen molar-refractivity contribution in [2.75, 3.05) is 13.2 Å². The third-order valence-corrected chi connectivity index (χ3v) is 3.72. The van der Waals surface area contributed by atoms with Gasteiger partial charge in [-0.15, -0.1) is 0 Å². The van der Waals surface area contributed by atoms with Crippen LogP contribution in [-0.2, 0) is 0 Å². The SMILES string of the molecule is Cc1ccc(C2CCNC(CO)C2)cc1C. The molecule has 1 aliphatic heterocycles. The molecule has 2 rings (SSSR count). The molecule has 2 atom stereocenters. The molecule has 1 aromatic carbocycles. The second-order valence-electron chi connectivity index (χ2n) is 4.90. The summed E-state index contributed by atoms with van der Waals surface area (Å²) in [4.78, 5) is 0. The Morgan fingerprint density at radius 1 is 1.31 bits per heavy atom. The lowest BCUT2D eigenvalue weighted by Crippen LogP contribution is -2.39. The first-order valence-corrected chi connectivity index (χ1v) is 6.12. The van der Waals surface area contributed by atoms with Gasteiger partial charge in [-0.1, -0.05) is 18.2 Å². The first-order chi connectivity index (χ1) is 7.70. The number of hydrogen-bond donors (Lipinski definition) is 2. The van der Waals surface area contributed by atoms with Crippen molar-refractivity contribution in [3.63, 3.8) is 0 Å². The largest absolute Gasteiger partial charge is 0.395 e. The highest BCUT2D eigenvalue weighted by molar-refractivity contribution is 5.32. The maximum atomic E-state index is 9.19. The van der Waals surface area contributed by atoms with Gasteiger partial charge in [0.25, 0.3) is 0 Å². The molecule has 2 nitrogen and oxygen atoms in total. The van der Waals surface area contributed by atoms with Crippen LogP contribution in [0.1, 0.15) is 35.4 Å². The summed E-state index contributed by atoms with van der Waals surface area (Å²) < 4.78 is 0. The van der Waals surface area contributed by atoms with Gasteiger partial charge in [-0.3, -0.25) is 0 Å². The van der Waals surface area contributed by atoms with Gasteiger partial charge in [0.05, 0.1) is 6.61 Å². The van der Waals surface area contributed by atoms with Crippen molar-refractivity contribution in [1.29, 1.82) is 0 Å². The fraction of sp³-hybridized carbons (Fsp3) is 0.571. The molecule has 2 N–H and O–H groups in total. The number of hydrogen-bond acceptors (Lipinski definition) is 2. The van der Waals surface area contributed by atoms with E-state index < -0.39 is 0 Å². The molecule has 0 aromatic heterocycles. The van der Waals surface area contributed by atoms with Crippen LogP contribution in [0.5, 0.6) is 0 Å². The number of aliphatic hydroxyl groups is 1. The van der Waals surface area contributed by atoms with Gasteiger partial charge in [0.15, 0.2) is 0 Å². The minimum absolute atomic E-state index is 0.251. The standard InChI is InChI=1S/C14H21NO/c1-10-3-4-12(7-11(10)2)13-5-6-15-14(8-13)9-16/h3-4,7,13-16H,5-6,8-9H2,1-2H3. The van der Waals surface area contributed by atoms with Crippen LogP contribution in [0.2, 0.25) is 0 Å². The molecule has 0 amide bonds. The summed E-state index contributed by atoms with van der Waals surface area (Å²) in [6.07, 6.45) is 2.23. The molecule has 1 saturated heterocycles. The molecular formula is C14H21NO. The summed E-state index contributed by atoms with van der Waals surface area (Å²) in [5.74, 6) is 0.609. The van der Waals surface area contributed by atoms with E-state index in [0.717, 1.165) is 13.0 Å². The quantitative estimate of drug-likeness (QED) is 0.798. The number of aliphatic hydroxyl groups excluding tert-OH is 1. The van der Waals surface area contributed by atoms with E-state index in [-0.39, 0.29) is 12.6 Å². The molecule has 88 valence electrons. The van der Waals surface area contributed by atoms with Crippen LogP contribution in [0.15, 0.2) is 18.2 Å². The smallest absolute Gasteiger partial charge is 0.0584 e. The molecule has 0 spiro atoms. The number of aryl methyl sites for hydroxylation is 2. The molecule has 1 aliphatic rings. The van der Waals surface area contributed by atoms with Gasteiger partial charge in [0.1, 0.15) is 0 Å². The Labute approximate surface area is 97.7 Å². The Kier molecular flexibility index (Phi) is 3.62. The highest BCUT2D eigenvalue weighted by atomic mass is 16.3. The highest BCUT2D eigenvalue weighted by Gasteiger charge is 2.22. The van der Waals surface area contributed by atoms with Gasteiger partial charge < -0.3 is 10.4 Å². The third-order valence-electron chi connectivity index (χ3n) is 3.72. The molecule has 1 aromatic rings. The van der Waals surface area contributed by atoms with Crippen LogP contribution in [0.3, 0.4) is 0 Å². The molecular weight excluding hydrogens is 198 g/mol. The molecule has 2 heteroatoms. The summed E-state index contributed by atoms with van der Waals surface area (Å²) in [6.45, 7) is 5.59. The third kappa shape index (κ3) is 2.45. The van der Waals surface area contributed by atoms with Gasteiger partial charge in [-0.2, -0.15) is 0 Å². The van der Waals surface area contributed by atoms with Gasteiger partial charge in [-0.05, 0) is 55.8 Å². The Bertz CT molecular complexity index is 362. The average Bonchev–Trinajstić information content (AvgIpc) is 2.33. The minimum Gasteiger partial charge on any atom is -0.395 e. The first-order valence-electron chi connectivity index (χ1n) is 6.12. The van der Waals surface area contributed by atoms with Crippen LogP contribution < -0.4 is 5.32 Å². The van der Waals surface area contributed by atoms with Crippen LogP contribution >= 0.6 is 0 Å². The number of benzene rings is 1. The van der Waals surface area contributed by atoms with E-state index in [2.05, 4.69) is 37.4 Å². The van der Waals surface area contributed by atoms with Gasteiger partial charge in [-0.25, -0.2) is 0 Å². The maximum Gasteiger partial charge on any atom is 0.0584 e. The van der Waals surface area contributed by atoms with Crippen molar-refractivity contribution < 1.29 is 5.11 Å². The summed E-state index contributed by atoms with van der Waals surface area (Å²) in [5.41, 5.74) is 4.16. The summed E-state index contributed by atoms with van der Waals surface area (Å²) in [6, 6.07) is 7.04. The molecule has 0 radical (unpaired) electrons. The Morgan fingerprint density at radius 3 is 2.81 bits per heavy atom. The molecule has 1 heterocycles. The van der Waals surface area contributed by atoms with E-state index in [1.54, 1.807) is 0 Å². The van der Waals surface area contributed by atoms with Gasteiger partial charge in [0.2, 0.25) is 0 Å². The van der Waals surface area contributed by atoms with Gasteiger partial charge >= 0.3 is 0 Å². The van der Waals surface area contributed by atoms with E-state index in [1.807, 2.05) is 0 Å². The lowest BCUT2D eigenvalue weighted by molar-refractivity contribution is 0.210. The fourth-order valence-corrected chi connectivity index (χ4v) is 2.47. The van der Waals surface area contributed by atoms with Crippen LogP contribution in [0.4, 0.5) is 0 Å². The summed E-state index contributed by atoms with van der Waals surface area (Å²) >= 11 is 0. The molecule has 2 unspecified atom stereocenters.